The van der Waals surface area contributed by atoms with E-state index in [-0.39, 0.29) is 5.43 Å². The molecular formula is C25H26O4. The average Bonchev–Trinajstić information content (AvgIpc) is 3.16. The Labute approximate surface area is 170 Å². The molecule has 0 spiro atoms. The minimum atomic E-state index is -0.578. The molecule has 0 aliphatic heterocycles. The maximum Gasteiger partial charge on any atom is 0.204 e. The molecule has 0 amide bonds. The maximum atomic E-state index is 13.3. The Balaban J connectivity index is 1.96. The van der Waals surface area contributed by atoms with Crippen LogP contribution in [0.4, 0.5) is 0 Å². The van der Waals surface area contributed by atoms with Gasteiger partial charge in [0.05, 0.1) is 5.39 Å². The number of rotatable bonds is 6. The van der Waals surface area contributed by atoms with Crippen molar-refractivity contribution in [1.82, 2.24) is 0 Å². The summed E-state index contributed by atoms with van der Waals surface area (Å²) in [7, 11) is 0. The number of hydrogen-bond acceptors (Lipinski definition) is 4. The number of hydrogen-bond donors (Lipinski definition) is 0. The van der Waals surface area contributed by atoms with Crippen LogP contribution in [0.25, 0.3) is 21.9 Å². The fraction of sp³-hybridized carbons (Fsp3) is 0.320. The van der Waals surface area contributed by atoms with Crippen molar-refractivity contribution >= 4 is 21.9 Å². The molecule has 0 radical (unpaired) electrons. The summed E-state index contributed by atoms with van der Waals surface area (Å²) in [4.78, 5) is 13.3. The fourth-order valence-electron chi connectivity index (χ4n) is 3.89. The molecule has 1 saturated carbocycles. The van der Waals surface area contributed by atoms with E-state index in [9.17, 15) is 4.79 Å². The molecule has 0 bridgehead atoms. The van der Waals surface area contributed by atoms with E-state index in [1.54, 1.807) is 30.3 Å². The zero-order valence-electron chi connectivity index (χ0n) is 17.0. The Hall–Kier alpha value is -3.01. The molecule has 0 N–H and O–H groups in total. The van der Waals surface area contributed by atoms with Gasteiger partial charge in [0.15, 0.2) is 0 Å². The number of para-hydroxylation sites is 1. The van der Waals surface area contributed by atoms with Crippen LogP contribution < -0.4 is 14.9 Å². The van der Waals surface area contributed by atoms with Gasteiger partial charge in [0.25, 0.3) is 0 Å². The van der Waals surface area contributed by atoms with E-state index >= 15 is 0 Å². The monoisotopic (exact) mass is 390 g/mol. The lowest BCUT2D eigenvalue weighted by molar-refractivity contribution is 0.128. The predicted octanol–water partition coefficient (Wildman–Crippen LogP) is 6.17. The van der Waals surface area contributed by atoms with Gasteiger partial charge in [-0.15, -0.1) is 0 Å². The van der Waals surface area contributed by atoms with Crippen LogP contribution in [0, 0.1) is 0 Å². The first-order chi connectivity index (χ1) is 13.9. The summed E-state index contributed by atoms with van der Waals surface area (Å²) in [5, 5.41) is 0.963. The number of benzene rings is 2. The van der Waals surface area contributed by atoms with Gasteiger partial charge in [0.2, 0.25) is 5.43 Å². The van der Waals surface area contributed by atoms with Crippen molar-refractivity contribution in [2.75, 3.05) is 0 Å². The van der Waals surface area contributed by atoms with Crippen LogP contribution in [0.2, 0.25) is 0 Å². The highest BCUT2D eigenvalue weighted by Gasteiger charge is 2.34. The molecule has 0 saturated heterocycles. The third kappa shape index (κ3) is 3.55. The van der Waals surface area contributed by atoms with Gasteiger partial charge < -0.3 is 13.9 Å². The van der Waals surface area contributed by atoms with Gasteiger partial charge in [-0.3, -0.25) is 4.79 Å². The van der Waals surface area contributed by atoms with Crippen LogP contribution in [0.5, 0.6) is 11.5 Å². The van der Waals surface area contributed by atoms with E-state index < -0.39 is 11.2 Å². The molecule has 0 unspecified atom stereocenters. The summed E-state index contributed by atoms with van der Waals surface area (Å²) in [5.41, 5.74) is -0.180. The minimum absolute atomic E-state index is 0.108. The van der Waals surface area contributed by atoms with E-state index in [0.29, 0.717) is 33.4 Å². The standard InChI is InChI=1S/C25H26O4/c1-5-24(3,4)28-17-15-20-22(23(26)18-11-7-8-12-19(18)27-20)21(16-17)29-25(6-2)13-9-10-14-25/h5-8,11-12,15-16H,1-2,9-10,13-14H2,3-4H3. The van der Waals surface area contributed by atoms with E-state index in [4.69, 9.17) is 13.9 Å². The minimum Gasteiger partial charge on any atom is -0.484 e. The topological polar surface area (TPSA) is 48.7 Å². The molecule has 1 aliphatic rings. The summed E-state index contributed by atoms with van der Waals surface area (Å²) in [5.74, 6) is 1.03. The smallest absolute Gasteiger partial charge is 0.204 e. The Kier molecular flexibility index (Phi) is 4.73. The van der Waals surface area contributed by atoms with Crippen molar-refractivity contribution in [3.05, 3.63) is 71.9 Å². The summed E-state index contributed by atoms with van der Waals surface area (Å²) >= 11 is 0. The van der Waals surface area contributed by atoms with Crippen molar-refractivity contribution in [2.24, 2.45) is 0 Å². The second-order valence-electron chi connectivity index (χ2n) is 8.21. The molecular weight excluding hydrogens is 364 g/mol. The van der Waals surface area contributed by atoms with Gasteiger partial charge in [-0.2, -0.15) is 0 Å². The molecule has 4 heteroatoms. The molecule has 4 nitrogen and oxygen atoms in total. The Morgan fingerprint density at radius 3 is 2.52 bits per heavy atom. The third-order valence-electron chi connectivity index (χ3n) is 5.63. The van der Waals surface area contributed by atoms with Crippen LogP contribution in [0.15, 0.2) is 70.9 Å². The van der Waals surface area contributed by atoms with Crippen LogP contribution in [-0.2, 0) is 0 Å². The van der Waals surface area contributed by atoms with Crippen molar-refractivity contribution in [3.8, 4) is 11.5 Å². The zero-order valence-corrected chi connectivity index (χ0v) is 17.0. The number of ether oxygens (including phenoxy) is 2. The molecule has 1 aliphatic carbocycles. The Bertz CT molecular complexity index is 1150. The maximum absolute atomic E-state index is 13.3. The average molecular weight is 390 g/mol. The summed E-state index contributed by atoms with van der Waals surface area (Å²) < 4.78 is 18.6. The zero-order chi connectivity index (χ0) is 20.6. The molecule has 0 atom stereocenters. The Morgan fingerprint density at radius 1 is 1.10 bits per heavy atom. The SMILES string of the molecule is C=CC(C)(C)Oc1cc(OC2(C=C)CCCC2)c2c(=O)c3ccccc3oc2c1. The highest BCUT2D eigenvalue weighted by molar-refractivity contribution is 5.94. The van der Waals surface area contributed by atoms with Crippen LogP contribution >= 0.6 is 0 Å². The molecule has 1 fully saturated rings. The fourth-order valence-corrected chi connectivity index (χ4v) is 3.89. The predicted molar refractivity (Wildman–Crippen MR) is 117 cm³/mol. The second-order valence-corrected chi connectivity index (χ2v) is 8.21. The van der Waals surface area contributed by atoms with Crippen molar-refractivity contribution in [2.45, 2.75) is 50.7 Å². The van der Waals surface area contributed by atoms with E-state index in [1.807, 2.05) is 32.1 Å². The lowest BCUT2D eigenvalue weighted by Crippen LogP contribution is -2.30. The van der Waals surface area contributed by atoms with Gasteiger partial charge in [-0.25, -0.2) is 0 Å². The lowest BCUT2D eigenvalue weighted by Gasteiger charge is -2.28. The molecule has 3 aromatic rings. The van der Waals surface area contributed by atoms with Crippen LogP contribution in [0.3, 0.4) is 0 Å². The first-order valence-electron chi connectivity index (χ1n) is 10.0. The third-order valence-corrected chi connectivity index (χ3v) is 5.63. The van der Waals surface area contributed by atoms with E-state index in [2.05, 4.69) is 13.2 Å². The Morgan fingerprint density at radius 2 is 1.83 bits per heavy atom. The summed E-state index contributed by atoms with van der Waals surface area (Å²) in [6, 6.07) is 10.8. The van der Waals surface area contributed by atoms with Gasteiger partial charge >= 0.3 is 0 Å². The largest absolute Gasteiger partial charge is 0.484 e. The normalized spacial score (nSPS) is 16.1. The lowest BCUT2D eigenvalue weighted by atomic mass is 10.0. The van der Waals surface area contributed by atoms with Gasteiger partial charge in [-0.05, 0) is 63.8 Å². The van der Waals surface area contributed by atoms with Crippen molar-refractivity contribution in [3.63, 3.8) is 0 Å². The van der Waals surface area contributed by atoms with Crippen LogP contribution in [0.1, 0.15) is 39.5 Å². The molecule has 1 aromatic heterocycles. The van der Waals surface area contributed by atoms with E-state index in [0.717, 1.165) is 25.7 Å². The van der Waals surface area contributed by atoms with Gasteiger partial charge in [-0.1, -0.05) is 25.3 Å². The molecule has 4 rings (SSSR count). The van der Waals surface area contributed by atoms with Crippen LogP contribution in [-0.4, -0.2) is 11.2 Å². The second kappa shape index (κ2) is 7.11. The van der Waals surface area contributed by atoms with Crippen molar-refractivity contribution in [1.29, 1.82) is 0 Å². The summed E-state index contributed by atoms with van der Waals surface area (Å²) in [6.07, 6.45) is 7.48. The highest BCUT2D eigenvalue weighted by Crippen LogP contribution is 2.40. The highest BCUT2D eigenvalue weighted by atomic mass is 16.5. The molecule has 1 heterocycles. The van der Waals surface area contributed by atoms with Crippen molar-refractivity contribution < 1.29 is 13.9 Å². The number of fused-ring (bicyclic) bond motifs is 2. The molecule has 150 valence electrons. The summed E-state index contributed by atoms with van der Waals surface area (Å²) in [6.45, 7) is 11.7. The quantitative estimate of drug-likeness (QED) is 0.373. The first-order valence-corrected chi connectivity index (χ1v) is 10.0. The van der Waals surface area contributed by atoms with E-state index in [1.165, 1.54) is 0 Å². The van der Waals surface area contributed by atoms with Gasteiger partial charge in [0.1, 0.15) is 39.3 Å². The first kappa shape index (κ1) is 19.3. The van der Waals surface area contributed by atoms with Gasteiger partial charge in [0, 0.05) is 12.1 Å². The molecule has 29 heavy (non-hydrogen) atoms. The molecule has 2 aromatic carbocycles.